The molecule has 130 valence electrons. The Kier molecular flexibility index (Phi) is 4.37. The van der Waals surface area contributed by atoms with Gasteiger partial charge in [0.15, 0.2) is 5.65 Å². The van der Waals surface area contributed by atoms with E-state index in [0.29, 0.717) is 41.2 Å². The minimum Gasteiger partial charge on any atom is -0.508 e. The van der Waals surface area contributed by atoms with Crippen LogP contribution in [0.5, 0.6) is 11.6 Å². The van der Waals surface area contributed by atoms with Gasteiger partial charge in [-0.05, 0) is 30.9 Å². The number of hydrogen-bond donors (Lipinski definition) is 3. The van der Waals surface area contributed by atoms with Crippen molar-refractivity contribution in [3.63, 3.8) is 0 Å². The lowest BCUT2D eigenvalue weighted by molar-refractivity contribution is 0.205. The first-order valence-corrected chi connectivity index (χ1v) is 8.68. The van der Waals surface area contributed by atoms with Crippen LogP contribution in [0.1, 0.15) is 32.1 Å². The van der Waals surface area contributed by atoms with Crippen LogP contribution in [-0.4, -0.2) is 31.6 Å². The molecule has 0 spiro atoms. The second-order valence-corrected chi connectivity index (χ2v) is 6.44. The van der Waals surface area contributed by atoms with Crippen molar-refractivity contribution in [2.45, 2.75) is 32.1 Å². The number of imidazole rings is 1. The molecule has 0 bridgehead atoms. The fraction of sp³-hybridized carbons (Fsp3) is 0.389. The number of anilines is 2. The predicted octanol–water partition coefficient (Wildman–Crippen LogP) is 3.76. The molecule has 7 nitrogen and oxygen atoms in total. The molecule has 1 aromatic carbocycles. The molecule has 25 heavy (non-hydrogen) atoms. The molecule has 1 aliphatic rings. The maximum atomic E-state index is 9.59. The Labute approximate surface area is 145 Å². The van der Waals surface area contributed by atoms with Crippen LogP contribution in [0.25, 0.3) is 11.2 Å². The number of aromatic amines is 1. The second kappa shape index (κ2) is 6.96. The monoisotopic (exact) mass is 339 g/mol. The quantitative estimate of drug-likeness (QED) is 0.655. The highest BCUT2D eigenvalue weighted by Gasteiger charge is 2.17. The molecule has 0 saturated heterocycles. The number of nitrogens with one attached hydrogen (secondary N) is 2. The number of H-pyrrole nitrogens is 1. The Morgan fingerprint density at radius 3 is 2.92 bits per heavy atom. The van der Waals surface area contributed by atoms with Crippen molar-refractivity contribution in [2.24, 2.45) is 5.92 Å². The molecule has 2 heterocycles. The number of phenolic OH excluding ortho intramolecular Hbond substituents is 1. The van der Waals surface area contributed by atoms with Crippen LogP contribution in [-0.2, 0) is 0 Å². The van der Waals surface area contributed by atoms with Crippen molar-refractivity contribution in [3.8, 4) is 11.6 Å². The third-order valence-corrected chi connectivity index (χ3v) is 4.54. The maximum Gasteiger partial charge on any atom is 0.245 e. The van der Waals surface area contributed by atoms with Gasteiger partial charge in [0.25, 0.3) is 0 Å². The lowest BCUT2D eigenvalue weighted by Crippen LogP contribution is -2.16. The molecule has 1 aliphatic carbocycles. The summed E-state index contributed by atoms with van der Waals surface area (Å²) in [6.45, 7) is 0.663. The molecular weight excluding hydrogens is 318 g/mol. The molecule has 4 rings (SSSR count). The molecule has 0 atom stereocenters. The van der Waals surface area contributed by atoms with E-state index in [-0.39, 0.29) is 5.75 Å². The highest BCUT2D eigenvalue weighted by Crippen LogP contribution is 2.27. The van der Waals surface area contributed by atoms with Crippen molar-refractivity contribution in [3.05, 3.63) is 30.6 Å². The first kappa shape index (κ1) is 15.7. The summed E-state index contributed by atoms with van der Waals surface area (Å²) in [7, 11) is 0. The van der Waals surface area contributed by atoms with E-state index in [1.54, 1.807) is 24.5 Å². The van der Waals surface area contributed by atoms with Crippen molar-refractivity contribution in [1.29, 1.82) is 0 Å². The van der Waals surface area contributed by atoms with E-state index in [1.165, 1.54) is 32.1 Å². The van der Waals surface area contributed by atoms with Crippen molar-refractivity contribution in [2.75, 3.05) is 11.9 Å². The lowest BCUT2D eigenvalue weighted by Gasteiger charge is -2.21. The fourth-order valence-electron chi connectivity index (χ4n) is 3.23. The van der Waals surface area contributed by atoms with E-state index in [2.05, 4.69) is 25.3 Å². The Hall–Kier alpha value is -2.83. The molecule has 0 unspecified atom stereocenters. The van der Waals surface area contributed by atoms with E-state index in [0.717, 1.165) is 0 Å². The van der Waals surface area contributed by atoms with Crippen LogP contribution in [0.15, 0.2) is 30.6 Å². The zero-order valence-electron chi connectivity index (χ0n) is 13.9. The van der Waals surface area contributed by atoms with Crippen molar-refractivity contribution in [1.82, 2.24) is 19.9 Å². The van der Waals surface area contributed by atoms with Gasteiger partial charge in [0.05, 0.1) is 12.9 Å². The minimum atomic E-state index is 0.180. The SMILES string of the molecule is Oc1cccc(Nc2nc(OCC3CCCCC3)c3[nH]cnc3n2)c1. The summed E-state index contributed by atoms with van der Waals surface area (Å²) < 4.78 is 6.01. The number of rotatable bonds is 5. The van der Waals surface area contributed by atoms with Gasteiger partial charge in [-0.1, -0.05) is 25.3 Å². The largest absolute Gasteiger partial charge is 0.508 e. The van der Waals surface area contributed by atoms with Gasteiger partial charge in [-0.15, -0.1) is 0 Å². The van der Waals surface area contributed by atoms with Crippen LogP contribution in [0, 0.1) is 5.92 Å². The molecule has 2 aromatic heterocycles. The molecule has 1 saturated carbocycles. The first-order valence-electron chi connectivity index (χ1n) is 8.68. The van der Waals surface area contributed by atoms with E-state index in [9.17, 15) is 5.11 Å². The Morgan fingerprint density at radius 2 is 2.08 bits per heavy atom. The number of nitrogens with zero attached hydrogens (tertiary/aromatic N) is 3. The summed E-state index contributed by atoms with van der Waals surface area (Å²) in [5.74, 6) is 1.67. The van der Waals surface area contributed by atoms with Crippen LogP contribution < -0.4 is 10.1 Å². The van der Waals surface area contributed by atoms with Gasteiger partial charge in [0, 0.05) is 11.8 Å². The Morgan fingerprint density at radius 1 is 1.20 bits per heavy atom. The number of ether oxygens (including phenoxy) is 1. The van der Waals surface area contributed by atoms with E-state index < -0.39 is 0 Å². The molecule has 0 radical (unpaired) electrons. The average Bonchev–Trinajstić information content (AvgIpc) is 3.09. The first-order chi connectivity index (χ1) is 12.3. The summed E-state index contributed by atoms with van der Waals surface area (Å²) in [4.78, 5) is 16.1. The zero-order valence-corrected chi connectivity index (χ0v) is 13.9. The predicted molar refractivity (Wildman–Crippen MR) is 95.1 cm³/mol. The Bertz CT molecular complexity index is 858. The van der Waals surface area contributed by atoms with Crippen LogP contribution in [0.4, 0.5) is 11.6 Å². The maximum absolute atomic E-state index is 9.59. The summed E-state index contributed by atoms with van der Waals surface area (Å²) in [6, 6.07) is 6.81. The van der Waals surface area contributed by atoms with Gasteiger partial charge >= 0.3 is 0 Å². The summed E-state index contributed by atoms with van der Waals surface area (Å²) >= 11 is 0. The number of phenols is 1. The highest BCUT2D eigenvalue weighted by atomic mass is 16.5. The molecule has 0 amide bonds. The number of aromatic hydroxyl groups is 1. The summed E-state index contributed by atoms with van der Waals surface area (Å²) in [5, 5.41) is 12.7. The van der Waals surface area contributed by atoms with Gasteiger partial charge in [0.1, 0.15) is 11.3 Å². The van der Waals surface area contributed by atoms with Gasteiger partial charge in [-0.3, -0.25) is 0 Å². The molecule has 7 heteroatoms. The van der Waals surface area contributed by atoms with Crippen LogP contribution in [0.2, 0.25) is 0 Å². The number of hydrogen-bond acceptors (Lipinski definition) is 6. The van der Waals surface area contributed by atoms with Gasteiger partial charge in [-0.2, -0.15) is 9.97 Å². The molecule has 0 aliphatic heterocycles. The third-order valence-electron chi connectivity index (χ3n) is 4.54. The fourth-order valence-corrected chi connectivity index (χ4v) is 3.23. The standard InChI is InChI=1S/C18H21N5O2/c24-14-8-4-7-13(9-14)21-18-22-16-15(19-11-20-16)17(23-18)25-10-12-5-2-1-3-6-12/h4,7-9,11-12,24H,1-3,5-6,10H2,(H2,19,20,21,22,23). The smallest absolute Gasteiger partial charge is 0.245 e. The third kappa shape index (κ3) is 3.65. The van der Waals surface area contributed by atoms with Gasteiger partial charge in [-0.25, -0.2) is 4.98 Å². The molecule has 1 fully saturated rings. The topological polar surface area (TPSA) is 95.9 Å². The van der Waals surface area contributed by atoms with Crippen LogP contribution in [0.3, 0.4) is 0 Å². The van der Waals surface area contributed by atoms with Crippen molar-refractivity contribution >= 4 is 22.8 Å². The number of aromatic nitrogens is 4. The van der Waals surface area contributed by atoms with Crippen molar-refractivity contribution < 1.29 is 9.84 Å². The second-order valence-electron chi connectivity index (χ2n) is 6.44. The molecular formula is C18H21N5O2. The normalized spacial score (nSPS) is 15.4. The molecule has 3 aromatic rings. The van der Waals surface area contributed by atoms with Crippen LogP contribution >= 0.6 is 0 Å². The minimum absolute atomic E-state index is 0.180. The lowest BCUT2D eigenvalue weighted by atomic mass is 9.90. The number of fused-ring (bicyclic) bond motifs is 1. The van der Waals surface area contributed by atoms with Gasteiger partial charge in [0.2, 0.25) is 11.8 Å². The van der Waals surface area contributed by atoms with E-state index in [4.69, 9.17) is 4.74 Å². The van der Waals surface area contributed by atoms with E-state index >= 15 is 0 Å². The molecule has 3 N–H and O–H groups in total. The summed E-state index contributed by atoms with van der Waals surface area (Å²) in [5.41, 5.74) is 1.96. The zero-order chi connectivity index (χ0) is 17.1. The average molecular weight is 339 g/mol. The summed E-state index contributed by atoms with van der Waals surface area (Å²) in [6.07, 6.45) is 7.90. The van der Waals surface area contributed by atoms with Gasteiger partial charge < -0.3 is 20.1 Å². The highest BCUT2D eigenvalue weighted by molar-refractivity contribution is 5.77. The van der Waals surface area contributed by atoms with E-state index in [1.807, 2.05) is 6.07 Å². The Balaban J connectivity index is 1.56. The number of benzene rings is 1.